The third-order valence-electron chi connectivity index (χ3n) is 5.23. The molecule has 27 heavy (non-hydrogen) atoms. The van der Waals surface area contributed by atoms with Gasteiger partial charge in [0.25, 0.3) is 0 Å². The quantitative estimate of drug-likeness (QED) is 0.468. The third-order valence-corrected chi connectivity index (χ3v) is 5.23. The first-order valence-corrected chi connectivity index (χ1v) is 9.78. The van der Waals surface area contributed by atoms with Gasteiger partial charge in [0.1, 0.15) is 0 Å². The summed E-state index contributed by atoms with van der Waals surface area (Å²) in [5, 5.41) is 12.3. The molecule has 0 aromatic heterocycles. The fraction of sp³-hybridized carbons (Fsp3) is 0.550. The number of rotatable bonds is 5. The van der Waals surface area contributed by atoms with Crippen LogP contribution in [0.2, 0.25) is 0 Å². The highest BCUT2D eigenvalue weighted by Crippen LogP contribution is 2.31. The summed E-state index contributed by atoms with van der Waals surface area (Å²) in [5.74, 6) is 0.657. The topological polar surface area (TPSA) is 94.6 Å². The molecule has 1 heterocycles. The lowest BCUT2D eigenvalue weighted by atomic mass is 9.90. The summed E-state index contributed by atoms with van der Waals surface area (Å²) < 4.78 is 0. The van der Waals surface area contributed by atoms with Crippen LogP contribution in [-0.2, 0) is 9.59 Å². The SMILES string of the molecule is CN=C(NCC(=O)NC1CCCCC1)NCC1CC(=O)Nc2ccccc21. The third kappa shape index (κ3) is 5.45. The maximum atomic E-state index is 12.1. The van der Waals surface area contributed by atoms with Crippen molar-refractivity contribution in [3.8, 4) is 0 Å². The van der Waals surface area contributed by atoms with Crippen LogP contribution in [-0.4, -0.2) is 44.0 Å². The predicted octanol–water partition coefficient (Wildman–Crippen LogP) is 1.73. The molecule has 3 rings (SSSR count). The van der Waals surface area contributed by atoms with Crippen molar-refractivity contribution in [2.75, 3.05) is 25.5 Å². The molecule has 1 aromatic rings. The van der Waals surface area contributed by atoms with Crippen LogP contribution in [0.3, 0.4) is 0 Å². The van der Waals surface area contributed by atoms with Crippen molar-refractivity contribution in [2.24, 2.45) is 4.99 Å². The van der Waals surface area contributed by atoms with Gasteiger partial charge in [-0.3, -0.25) is 14.6 Å². The number of nitrogens with one attached hydrogen (secondary N) is 4. The predicted molar refractivity (Wildman–Crippen MR) is 107 cm³/mol. The smallest absolute Gasteiger partial charge is 0.239 e. The number of carbonyl (C=O) groups is 2. The highest BCUT2D eigenvalue weighted by Gasteiger charge is 2.24. The number of fused-ring (bicyclic) bond motifs is 1. The van der Waals surface area contributed by atoms with Gasteiger partial charge in [-0.25, -0.2) is 0 Å². The molecule has 1 aliphatic carbocycles. The molecule has 1 aliphatic heterocycles. The summed E-state index contributed by atoms with van der Waals surface area (Å²) in [5.41, 5.74) is 1.99. The molecule has 1 fully saturated rings. The Hall–Kier alpha value is -2.57. The zero-order valence-corrected chi connectivity index (χ0v) is 15.9. The van der Waals surface area contributed by atoms with Gasteiger partial charge in [-0.05, 0) is 24.5 Å². The van der Waals surface area contributed by atoms with E-state index in [-0.39, 0.29) is 24.3 Å². The molecule has 4 N–H and O–H groups in total. The summed E-state index contributed by atoms with van der Waals surface area (Å²) in [6, 6.07) is 8.16. The number of amides is 2. The molecule has 146 valence electrons. The minimum absolute atomic E-state index is 0.00719. The van der Waals surface area contributed by atoms with Gasteiger partial charge in [-0.15, -0.1) is 0 Å². The maximum Gasteiger partial charge on any atom is 0.239 e. The van der Waals surface area contributed by atoms with E-state index in [1.807, 2.05) is 24.3 Å². The van der Waals surface area contributed by atoms with Crippen molar-refractivity contribution in [3.63, 3.8) is 0 Å². The molecule has 1 aromatic carbocycles. The van der Waals surface area contributed by atoms with Crippen molar-refractivity contribution >= 4 is 23.5 Å². The van der Waals surface area contributed by atoms with Crippen molar-refractivity contribution in [1.82, 2.24) is 16.0 Å². The van der Waals surface area contributed by atoms with Crippen molar-refractivity contribution < 1.29 is 9.59 Å². The van der Waals surface area contributed by atoms with E-state index < -0.39 is 0 Å². The Labute approximate surface area is 160 Å². The van der Waals surface area contributed by atoms with Crippen molar-refractivity contribution in [1.29, 1.82) is 0 Å². The average molecular weight is 371 g/mol. The molecule has 7 nitrogen and oxygen atoms in total. The van der Waals surface area contributed by atoms with Crippen LogP contribution < -0.4 is 21.3 Å². The van der Waals surface area contributed by atoms with E-state index in [4.69, 9.17) is 0 Å². The minimum atomic E-state index is -0.00719. The number of hydrogen-bond donors (Lipinski definition) is 4. The summed E-state index contributed by atoms with van der Waals surface area (Å²) in [4.78, 5) is 28.2. The summed E-state index contributed by atoms with van der Waals surface area (Å²) in [7, 11) is 1.68. The number of carbonyl (C=O) groups excluding carboxylic acids is 2. The van der Waals surface area contributed by atoms with Crippen LogP contribution in [0.15, 0.2) is 29.3 Å². The van der Waals surface area contributed by atoms with Crippen LogP contribution in [0, 0.1) is 0 Å². The second-order valence-corrected chi connectivity index (χ2v) is 7.25. The van der Waals surface area contributed by atoms with Crippen LogP contribution in [0.25, 0.3) is 0 Å². The Balaban J connectivity index is 1.46. The van der Waals surface area contributed by atoms with E-state index in [2.05, 4.69) is 26.3 Å². The van der Waals surface area contributed by atoms with Gasteiger partial charge in [0, 0.05) is 37.7 Å². The first-order chi connectivity index (χ1) is 13.2. The van der Waals surface area contributed by atoms with E-state index >= 15 is 0 Å². The number of hydrogen-bond acceptors (Lipinski definition) is 3. The molecular formula is C20H29N5O2. The lowest BCUT2D eigenvalue weighted by molar-refractivity contribution is -0.121. The summed E-state index contributed by atoms with van der Waals surface area (Å²) in [6.07, 6.45) is 6.23. The molecule has 0 saturated heterocycles. The fourth-order valence-corrected chi connectivity index (χ4v) is 3.81. The van der Waals surface area contributed by atoms with E-state index in [1.54, 1.807) is 7.05 Å². The molecule has 7 heteroatoms. The molecule has 1 unspecified atom stereocenters. The van der Waals surface area contributed by atoms with Gasteiger partial charge in [-0.1, -0.05) is 37.5 Å². The molecular weight excluding hydrogens is 342 g/mol. The lowest BCUT2D eigenvalue weighted by Gasteiger charge is -2.26. The Morgan fingerprint density at radius 3 is 2.74 bits per heavy atom. The Kier molecular flexibility index (Phi) is 6.68. The molecule has 0 spiro atoms. The minimum Gasteiger partial charge on any atom is -0.356 e. The zero-order chi connectivity index (χ0) is 19.1. The van der Waals surface area contributed by atoms with E-state index in [9.17, 15) is 9.59 Å². The largest absolute Gasteiger partial charge is 0.356 e. The van der Waals surface area contributed by atoms with Crippen LogP contribution >= 0.6 is 0 Å². The number of para-hydroxylation sites is 1. The summed E-state index contributed by atoms with van der Waals surface area (Å²) in [6.45, 7) is 0.770. The van der Waals surface area contributed by atoms with Crippen LogP contribution in [0.4, 0.5) is 5.69 Å². The molecule has 0 bridgehead atoms. The number of guanidine groups is 1. The van der Waals surface area contributed by atoms with Gasteiger partial charge in [0.05, 0.1) is 6.54 Å². The summed E-state index contributed by atoms with van der Waals surface area (Å²) >= 11 is 0. The first kappa shape index (κ1) is 19.2. The first-order valence-electron chi connectivity index (χ1n) is 9.78. The molecule has 1 atom stereocenters. The second kappa shape index (κ2) is 9.39. The Morgan fingerprint density at radius 1 is 1.19 bits per heavy atom. The monoisotopic (exact) mass is 371 g/mol. The van der Waals surface area contributed by atoms with Gasteiger partial charge in [-0.2, -0.15) is 0 Å². The average Bonchev–Trinajstić information content (AvgIpc) is 2.68. The van der Waals surface area contributed by atoms with E-state index in [0.29, 0.717) is 25.0 Å². The molecule has 2 aliphatic rings. The fourth-order valence-electron chi connectivity index (χ4n) is 3.81. The normalized spacial score (nSPS) is 20.4. The molecule has 2 amide bonds. The number of nitrogens with zero attached hydrogens (tertiary/aromatic N) is 1. The van der Waals surface area contributed by atoms with Crippen molar-refractivity contribution in [2.45, 2.75) is 50.5 Å². The lowest BCUT2D eigenvalue weighted by Crippen LogP contribution is -2.47. The van der Waals surface area contributed by atoms with Crippen LogP contribution in [0.1, 0.15) is 50.0 Å². The second-order valence-electron chi connectivity index (χ2n) is 7.25. The van der Waals surface area contributed by atoms with Crippen LogP contribution in [0.5, 0.6) is 0 Å². The van der Waals surface area contributed by atoms with E-state index in [0.717, 1.165) is 24.1 Å². The number of benzene rings is 1. The van der Waals surface area contributed by atoms with Gasteiger partial charge >= 0.3 is 0 Å². The number of anilines is 1. The van der Waals surface area contributed by atoms with Gasteiger partial charge in [0.2, 0.25) is 11.8 Å². The van der Waals surface area contributed by atoms with Gasteiger partial charge < -0.3 is 21.3 Å². The van der Waals surface area contributed by atoms with Crippen molar-refractivity contribution in [3.05, 3.63) is 29.8 Å². The molecule has 0 radical (unpaired) electrons. The standard InChI is InChI=1S/C20H29N5O2/c1-21-20(23-13-19(27)24-15-7-3-2-4-8-15)22-12-14-11-18(26)25-17-10-6-5-9-16(14)17/h5-6,9-10,14-15H,2-4,7-8,11-13H2,1H3,(H,24,27)(H,25,26)(H2,21,22,23). The van der Waals surface area contributed by atoms with E-state index in [1.165, 1.54) is 19.3 Å². The highest BCUT2D eigenvalue weighted by atomic mass is 16.2. The Morgan fingerprint density at radius 2 is 1.96 bits per heavy atom. The Bertz CT molecular complexity index is 697. The number of aliphatic imine (C=N–C) groups is 1. The maximum absolute atomic E-state index is 12.1. The zero-order valence-electron chi connectivity index (χ0n) is 15.9. The molecule has 1 saturated carbocycles. The highest BCUT2D eigenvalue weighted by molar-refractivity contribution is 5.95. The van der Waals surface area contributed by atoms with Gasteiger partial charge in [0.15, 0.2) is 5.96 Å².